The quantitative estimate of drug-likeness (QED) is 0.244. The lowest BCUT2D eigenvalue weighted by Crippen LogP contribution is -2.06. The molecule has 0 aromatic heterocycles. The Morgan fingerprint density at radius 2 is 1.14 bits per heavy atom. The van der Waals surface area contributed by atoms with Crippen molar-refractivity contribution in [1.82, 2.24) is 0 Å². The second-order valence-electron chi connectivity index (χ2n) is 0.931. The lowest BCUT2D eigenvalue weighted by Gasteiger charge is -1.81. The molecule has 0 aliphatic carbocycles. The second kappa shape index (κ2) is 17.0. The minimum Gasteiger partial charge on any atom is -0.330 e. The zero-order chi connectivity index (χ0) is 6.12. The molecule has 0 amide bonds. The van der Waals surface area contributed by atoms with Gasteiger partial charge < -0.3 is 11.5 Å². The zero-order valence-electron chi connectivity index (χ0n) is 4.43. The van der Waals surface area contributed by atoms with Gasteiger partial charge in [-0.15, -0.1) is 0 Å². The molecular weight excluding hydrogens is 92.1 g/mol. The SMILES string of the molecule is NCCCN.NN. The maximum Gasteiger partial charge on any atom is -0.00653 e. The average Bonchev–Trinajstić information content (AvgIpc) is 1.75. The summed E-state index contributed by atoms with van der Waals surface area (Å²) in [6, 6.07) is 0. The van der Waals surface area contributed by atoms with Gasteiger partial charge in [0, 0.05) is 0 Å². The van der Waals surface area contributed by atoms with Crippen LogP contribution in [-0.2, 0) is 0 Å². The first-order chi connectivity index (χ1) is 3.41. The highest BCUT2D eigenvalue weighted by Crippen LogP contribution is 1.58. The van der Waals surface area contributed by atoms with E-state index < -0.39 is 0 Å². The van der Waals surface area contributed by atoms with E-state index in [0.29, 0.717) is 0 Å². The van der Waals surface area contributed by atoms with E-state index in [4.69, 9.17) is 11.5 Å². The van der Waals surface area contributed by atoms with E-state index in [2.05, 4.69) is 11.7 Å². The van der Waals surface area contributed by atoms with Gasteiger partial charge in [0.25, 0.3) is 0 Å². The van der Waals surface area contributed by atoms with E-state index in [1.165, 1.54) is 0 Å². The molecule has 0 saturated heterocycles. The fourth-order valence-corrected chi connectivity index (χ4v) is 0.118. The Morgan fingerprint density at radius 3 is 1.14 bits per heavy atom. The second-order valence-corrected chi connectivity index (χ2v) is 0.931. The van der Waals surface area contributed by atoms with Crippen molar-refractivity contribution in [3.8, 4) is 0 Å². The molecule has 0 atom stereocenters. The highest BCUT2D eigenvalue weighted by molar-refractivity contribution is 4.33. The number of hydrazine groups is 1. The number of nitrogens with two attached hydrogens (primary N) is 4. The fraction of sp³-hybridized carbons (Fsp3) is 1.00. The van der Waals surface area contributed by atoms with E-state index in [-0.39, 0.29) is 0 Å². The minimum atomic E-state index is 0.719. The van der Waals surface area contributed by atoms with E-state index in [9.17, 15) is 0 Å². The summed E-state index contributed by atoms with van der Waals surface area (Å²) in [5.41, 5.74) is 10.1. The van der Waals surface area contributed by atoms with Gasteiger partial charge in [-0.3, -0.25) is 11.7 Å². The Balaban J connectivity index is 0. The summed E-state index contributed by atoms with van der Waals surface area (Å²) >= 11 is 0. The van der Waals surface area contributed by atoms with Crippen molar-refractivity contribution < 1.29 is 0 Å². The Bertz CT molecular complexity index is 14.4. The molecule has 0 rings (SSSR count). The van der Waals surface area contributed by atoms with Crippen LogP contribution in [-0.4, -0.2) is 13.1 Å². The molecule has 8 N–H and O–H groups in total. The largest absolute Gasteiger partial charge is 0.330 e. The molecule has 0 aromatic carbocycles. The summed E-state index contributed by atoms with van der Waals surface area (Å²) < 4.78 is 0. The summed E-state index contributed by atoms with van der Waals surface area (Å²) in [7, 11) is 0. The topological polar surface area (TPSA) is 104 Å². The normalized spacial score (nSPS) is 6.86. The summed E-state index contributed by atoms with van der Waals surface area (Å²) in [5, 5.41) is 0. The van der Waals surface area contributed by atoms with Gasteiger partial charge in [-0.1, -0.05) is 0 Å². The summed E-state index contributed by atoms with van der Waals surface area (Å²) in [6.45, 7) is 1.44. The highest BCUT2D eigenvalue weighted by Gasteiger charge is 1.67. The Kier molecular flexibility index (Phi) is 24.1. The standard InChI is InChI=1S/C3H10N2.H4N2/c4-2-1-3-5;1-2/h1-5H2;1-2H2. The predicted molar refractivity (Wildman–Crippen MR) is 31.1 cm³/mol. The molecule has 4 nitrogen and oxygen atoms in total. The summed E-state index contributed by atoms with van der Waals surface area (Å²) in [5.74, 6) is 8.00. The molecule has 0 fully saturated rings. The molecule has 0 aliphatic heterocycles. The van der Waals surface area contributed by atoms with Crippen LogP contribution in [0.2, 0.25) is 0 Å². The molecule has 4 heteroatoms. The maximum absolute atomic E-state index is 5.06. The molecule has 0 bridgehead atoms. The highest BCUT2D eigenvalue weighted by atomic mass is 15.0. The van der Waals surface area contributed by atoms with Gasteiger partial charge in [0.15, 0.2) is 0 Å². The smallest absolute Gasteiger partial charge is 0.00653 e. The molecule has 7 heavy (non-hydrogen) atoms. The van der Waals surface area contributed by atoms with Crippen molar-refractivity contribution in [3.05, 3.63) is 0 Å². The zero-order valence-corrected chi connectivity index (χ0v) is 4.43. The molecule has 46 valence electrons. The summed E-state index contributed by atoms with van der Waals surface area (Å²) in [4.78, 5) is 0. The molecule has 0 heterocycles. The number of hydrogen-bond donors (Lipinski definition) is 4. The molecule has 0 aliphatic rings. The fourth-order valence-electron chi connectivity index (χ4n) is 0.118. The van der Waals surface area contributed by atoms with Crippen LogP contribution in [0.1, 0.15) is 6.42 Å². The molecular formula is C3H14N4. The van der Waals surface area contributed by atoms with Crippen molar-refractivity contribution in [2.45, 2.75) is 6.42 Å². The number of hydrogen-bond acceptors (Lipinski definition) is 4. The van der Waals surface area contributed by atoms with Crippen LogP contribution in [0.5, 0.6) is 0 Å². The summed E-state index contributed by atoms with van der Waals surface area (Å²) in [6.07, 6.45) is 0.944. The third kappa shape index (κ3) is 25.4. The Labute approximate surface area is 43.8 Å². The van der Waals surface area contributed by atoms with Gasteiger partial charge >= 0.3 is 0 Å². The minimum absolute atomic E-state index is 0.719. The molecule has 0 unspecified atom stereocenters. The van der Waals surface area contributed by atoms with Crippen LogP contribution in [0.15, 0.2) is 0 Å². The van der Waals surface area contributed by atoms with Crippen molar-refractivity contribution >= 4 is 0 Å². The van der Waals surface area contributed by atoms with Crippen molar-refractivity contribution in [2.75, 3.05) is 13.1 Å². The van der Waals surface area contributed by atoms with Gasteiger partial charge in [-0.05, 0) is 19.5 Å². The first-order valence-electron chi connectivity index (χ1n) is 2.15. The molecule has 0 radical (unpaired) electrons. The van der Waals surface area contributed by atoms with Crippen molar-refractivity contribution in [3.63, 3.8) is 0 Å². The number of rotatable bonds is 2. The lowest BCUT2D eigenvalue weighted by atomic mass is 10.4. The van der Waals surface area contributed by atoms with Crippen LogP contribution in [0.3, 0.4) is 0 Å². The van der Waals surface area contributed by atoms with Crippen LogP contribution >= 0.6 is 0 Å². The average molecular weight is 106 g/mol. The van der Waals surface area contributed by atoms with Gasteiger partial charge in [-0.2, -0.15) is 0 Å². The third-order valence-corrected chi connectivity index (χ3v) is 0.408. The molecule has 0 saturated carbocycles. The van der Waals surface area contributed by atoms with Gasteiger partial charge in [0.2, 0.25) is 0 Å². The van der Waals surface area contributed by atoms with E-state index in [1.54, 1.807) is 0 Å². The monoisotopic (exact) mass is 106 g/mol. The van der Waals surface area contributed by atoms with Crippen LogP contribution in [0.4, 0.5) is 0 Å². The van der Waals surface area contributed by atoms with Gasteiger partial charge in [-0.25, -0.2) is 0 Å². The van der Waals surface area contributed by atoms with E-state index >= 15 is 0 Å². The predicted octanol–water partition coefficient (Wildman–Crippen LogP) is -1.89. The van der Waals surface area contributed by atoms with Crippen LogP contribution in [0, 0.1) is 0 Å². The van der Waals surface area contributed by atoms with Crippen LogP contribution < -0.4 is 23.2 Å². The third-order valence-electron chi connectivity index (χ3n) is 0.408. The van der Waals surface area contributed by atoms with Crippen molar-refractivity contribution in [2.24, 2.45) is 23.2 Å². The van der Waals surface area contributed by atoms with E-state index in [0.717, 1.165) is 19.5 Å². The first kappa shape index (κ1) is 9.96. The Morgan fingerprint density at radius 1 is 0.857 bits per heavy atom. The van der Waals surface area contributed by atoms with E-state index in [1.807, 2.05) is 0 Å². The van der Waals surface area contributed by atoms with Gasteiger partial charge in [0.05, 0.1) is 0 Å². The van der Waals surface area contributed by atoms with Crippen molar-refractivity contribution in [1.29, 1.82) is 0 Å². The van der Waals surface area contributed by atoms with Crippen LogP contribution in [0.25, 0.3) is 0 Å². The van der Waals surface area contributed by atoms with Gasteiger partial charge in [0.1, 0.15) is 0 Å². The maximum atomic E-state index is 5.06. The molecule has 0 spiro atoms. The lowest BCUT2D eigenvalue weighted by molar-refractivity contribution is 0.844. The Hall–Kier alpha value is -0.160. The molecule has 0 aromatic rings. The first-order valence-corrected chi connectivity index (χ1v) is 2.15.